The highest BCUT2D eigenvalue weighted by molar-refractivity contribution is 8.18. The van der Waals surface area contributed by atoms with Gasteiger partial charge in [0.05, 0.1) is 25.7 Å². The number of thioether (sulfide) groups is 1. The number of carbonyl (C=O) groups excluding carboxylic acids is 1. The molecular formula is C20H11Cl3N2O2S. The summed E-state index contributed by atoms with van der Waals surface area (Å²) in [4.78, 5) is 17.1. The molecule has 1 saturated heterocycles. The predicted molar refractivity (Wildman–Crippen MR) is 116 cm³/mol. The van der Waals surface area contributed by atoms with Crippen LogP contribution in [0.5, 0.6) is 0 Å². The average molecular weight is 450 g/mol. The van der Waals surface area contributed by atoms with Crippen LogP contribution < -0.4 is 5.32 Å². The Bertz CT molecular complexity index is 1140. The molecule has 0 saturated carbocycles. The minimum absolute atomic E-state index is 0.247. The quantitative estimate of drug-likeness (QED) is 0.447. The zero-order valence-electron chi connectivity index (χ0n) is 14.1. The number of amidine groups is 1. The summed E-state index contributed by atoms with van der Waals surface area (Å²) >= 11 is 19.3. The Kier molecular flexibility index (Phi) is 5.51. The number of amides is 1. The van der Waals surface area contributed by atoms with Crippen molar-refractivity contribution in [3.8, 4) is 11.3 Å². The Labute approximate surface area is 180 Å². The Balaban J connectivity index is 1.56. The van der Waals surface area contributed by atoms with Gasteiger partial charge >= 0.3 is 0 Å². The maximum absolute atomic E-state index is 12.2. The van der Waals surface area contributed by atoms with E-state index >= 15 is 0 Å². The third-order valence-corrected chi connectivity index (χ3v) is 5.80. The number of aliphatic imine (C=N–C) groups is 1. The molecule has 0 radical (unpaired) electrons. The fourth-order valence-corrected chi connectivity index (χ4v) is 3.79. The number of nitrogens with zero attached hydrogens (tertiary/aromatic N) is 1. The number of rotatable bonds is 3. The van der Waals surface area contributed by atoms with Gasteiger partial charge in [-0.25, -0.2) is 4.99 Å². The van der Waals surface area contributed by atoms with Gasteiger partial charge in [0.15, 0.2) is 5.17 Å². The van der Waals surface area contributed by atoms with Crippen LogP contribution in [-0.2, 0) is 4.79 Å². The molecule has 2 heterocycles. The fraction of sp³-hybridized carbons (Fsp3) is 0. The second kappa shape index (κ2) is 8.05. The lowest BCUT2D eigenvalue weighted by Crippen LogP contribution is -2.19. The third-order valence-electron chi connectivity index (χ3n) is 3.83. The van der Waals surface area contributed by atoms with Gasteiger partial charge in [-0.3, -0.25) is 4.79 Å². The summed E-state index contributed by atoms with van der Waals surface area (Å²) in [5.74, 6) is 0.916. The summed E-state index contributed by atoms with van der Waals surface area (Å²) in [6.45, 7) is 0. The van der Waals surface area contributed by atoms with Crippen molar-refractivity contribution in [1.29, 1.82) is 0 Å². The molecular weight excluding hydrogens is 439 g/mol. The first-order chi connectivity index (χ1) is 13.5. The van der Waals surface area contributed by atoms with Crippen molar-refractivity contribution in [1.82, 2.24) is 5.32 Å². The first-order valence-electron chi connectivity index (χ1n) is 8.09. The van der Waals surface area contributed by atoms with Crippen molar-refractivity contribution in [3.63, 3.8) is 0 Å². The molecule has 1 aliphatic heterocycles. The lowest BCUT2D eigenvalue weighted by molar-refractivity contribution is -0.115. The van der Waals surface area contributed by atoms with Crippen molar-refractivity contribution < 1.29 is 9.21 Å². The Morgan fingerprint density at radius 3 is 2.57 bits per heavy atom. The number of benzene rings is 2. The molecule has 0 bridgehead atoms. The van der Waals surface area contributed by atoms with E-state index in [0.29, 0.717) is 42.3 Å². The van der Waals surface area contributed by atoms with E-state index < -0.39 is 0 Å². The van der Waals surface area contributed by atoms with E-state index in [1.54, 1.807) is 36.4 Å². The maximum Gasteiger partial charge on any atom is 0.264 e. The Hall–Kier alpha value is -2.18. The summed E-state index contributed by atoms with van der Waals surface area (Å²) in [6, 6.07) is 16.0. The summed E-state index contributed by atoms with van der Waals surface area (Å²) in [5, 5.41) is 4.62. The molecule has 0 atom stereocenters. The second-order valence-electron chi connectivity index (χ2n) is 5.76. The minimum Gasteiger partial charge on any atom is -0.457 e. The number of nitrogens with one attached hydrogen (secondary N) is 1. The van der Waals surface area contributed by atoms with Gasteiger partial charge in [0.2, 0.25) is 0 Å². The molecule has 1 amide bonds. The van der Waals surface area contributed by atoms with Crippen molar-refractivity contribution in [2.45, 2.75) is 0 Å². The zero-order chi connectivity index (χ0) is 19.7. The first-order valence-corrected chi connectivity index (χ1v) is 10.0. The third kappa shape index (κ3) is 4.13. The summed E-state index contributed by atoms with van der Waals surface area (Å²) in [5.41, 5.74) is 1.39. The van der Waals surface area contributed by atoms with Gasteiger partial charge < -0.3 is 9.73 Å². The van der Waals surface area contributed by atoms with Gasteiger partial charge in [0.1, 0.15) is 11.5 Å². The number of para-hydroxylation sites is 1. The topological polar surface area (TPSA) is 54.6 Å². The van der Waals surface area contributed by atoms with E-state index in [2.05, 4.69) is 10.3 Å². The van der Waals surface area contributed by atoms with Crippen LogP contribution >= 0.6 is 46.6 Å². The highest BCUT2D eigenvalue weighted by atomic mass is 35.5. The standard InChI is InChI=1S/C20H11Cl3N2O2S/c21-13-7-5-11(9-15(13)23)17-8-6-12(27-17)10-18-19(26)25-20(28-18)24-16-4-2-1-3-14(16)22/h1-10H,(H,24,25,26)/b18-10-. The molecule has 28 heavy (non-hydrogen) atoms. The smallest absolute Gasteiger partial charge is 0.264 e. The minimum atomic E-state index is -0.247. The monoisotopic (exact) mass is 448 g/mol. The molecule has 0 spiro atoms. The van der Waals surface area contributed by atoms with Crippen LogP contribution in [0, 0.1) is 0 Å². The van der Waals surface area contributed by atoms with Crippen molar-refractivity contribution >= 4 is 69.4 Å². The predicted octanol–water partition coefficient (Wildman–Crippen LogP) is 6.80. The molecule has 1 N–H and O–H groups in total. The molecule has 1 fully saturated rings. The molecule has 0 aliphatic carbocycles. The van der Waals surface area contributed by atoms with Crippen LogP contribution in [0.3, 0.4) is 0 Å². The molecule has 0 unspecified atom stereocenters. The zero-order valence-corrected chi connectivity index (χ0v) is 17.2. The number of carbonyl (C=O) groups is 1. The van der Waals surface area contributed by atoms with Crippen LogP contribution in [0.1, 0.15) is 5.76 Å². The normalized spacial score (nSPS) is 16.8. The molecule has 2 aromatic carbocycles. The average Bonchev–Trinajstić information content (AvgIpc) is 3.27. The first kappa shape index (κ1) is 19.2. The van der Waals surface area contributed by atoms with Crippen molar-refractivity contribution in [2.75, 3.05) is 0 Å². The Morgan fingerprint density at radius 1 is 0.964 bits per heavy atom. The van der Waals surface area contributed by atoms with Gasteiger partial charge in [0, 0.05) is 11.6 Å². The largest absolute Gasteiger partial charge is 0.457 e. The highest BCUT2D eigenvalue weighted by Crippen LogP contribution is 2.33. The Morgan fingerprint density at radius 2 is 1.79 bits per heavy atom. The molecule has 4 nitrogen and oxygen atoms in total. The van der Waals surface area contributed by atoms with Gasteiger partial charge in [0.25, 0.3) is 5.91 Å². The number of furan rings is 1. The molecule has 3 aromatic rings. The lowest BCUT2D eigenvalue weighted by Gasteiger charge is -1.99. The number of halogens is 3. The van der Waals surface area contributed by atoms with E-state index in [9.17, 15) is 4.79 Å². The van der Waals surface area contributed by atoms with Crippen molar-refractivity contribution in [3.05, 3.63) is 80.3 Å². The van der Waals surface area contributed by atoms with Crippen LogP contribution in [0.2, 0.25) is 15.1 Å². The molecule has 4 rings (SSSR count). The molecule has 1 aliphatic rings. The summed E-state index contributed by atoms with van der Waals surface area (Å²) in [6.07, 6.45) is 1.66. The van der Waals surface area contributed by atoms with Crippen LogP contribution in [0.15, 0.2) is 68.9 Å². The molecule has 140 valence electrons. The van der Waals surface area contributed by atoms with E-state index in [4.69, 9.17) is 39.2 Å². The lowest BCUT2D eigenvalue weighted by atomic mass is 10.2. The van der Waals surface area contributed by atoms with E-state index in [0.717, 1.165) is 5.56 Å². The van der Waals surface area contributed by atoms with Gasteiger partial charge in [-0.2, -0.15) is 0 Å². The van der Waals surface area contributed by atoms with Crippen LogP contribution in [-0.4, -0.2) is 11.1 Å². The van der Waals surface area contributed by atoms with Gasteiger partial charge in [-0.05, 0) is 54.2 Å². The number of hydrogen-bond donors (Lipinski definition) is 1. The highest BCUT2D eigenvalue weighted by Gasteiger charge is 2.24. The fourth-order valence-electron chi connectivity index (χ4n) is 2.50. The number of hydrogen-bond acceptors (Lipinski definition) is 4. The SMILES string of the molecule is O=C1NC(=Nc2ccccc2Cl)S/C1=C\c1ccc(-c2ccc(Cl)c(Cl)c2)o1. The summed E-state index contributed by atoms with van der Waals surface area (Å²) in [7, 11) is 0. The van der Waals surface area contributed by atoms with Crippen LogP contribution in [0.4, 0.5) is 5.69 Å². The van der Waals surface area contributed by atoms with Gasteiger partial charge in [-0.1, -0.05) is 46.9 Å². The van der Waals surface area contributed by atoms with Crippen molar-refractivity contribution in [2.24, 2.45) is 4.99 Å². The summed E-state index contributed by atoms with van der Waals surface area (Å²) < 4.78 is 5.82. The van der Waals surface area contributed by atoms with Crippen LogP contribution in [0.25, 0.3) is 17.4 Å². The van der Waals surface area contributed by atoms with E-state index in [1.165, 1.54) is 11.8 Å². The second-order valence-corrected chi connectivity index (χ2v) is 8.02. The van der Waals surface area contributed by atoms with E-state index in [-0.39, 0.29) is 5.91 Å². The van der Waals surface area contributed by atoms with Gasteiger partial charge in [-0.15, -0.1) is 0 Å². The van der Waals surface area contributed by atoms with E-state index in [1.807, 2.05) is 24.3 Å². The maximum atomic E-state index is 12.2. The molecule has 1 aromatic heterocycles. The molecule has 8 heteroatoms.